The molecular weight excluding hydrogens is 175 g/mol. The summed E-state index contributed by atoms with van der Waals surface area (Å²) in [6.45, 7) is 10.6. The van der Waals surface area contributed by atoms with Crippen molar-refractivity contribution in [3.63, 3.8) is 0 Å². The van der Waals surface area contributed by atoms with Gasteiger partial charge in [0.25, 0.3) is 0 Å². The van der Waals surface area contributed by atoms with Crippen LogP contribution in [0.2, 0.25) is 5.82 Å². The van der Waals surface area contributed by atoms with Crippen molar-refractivity contribution in [1.29, 1.82) is 0 Å². The van der Waals surface area contributed by atoms with E-state index in [0.29, 0.717) is 5.82 Å². The third kappa shape index (κ3) is 1.43. The Morgan fingerprint density at radius 2 is 1.79 bits per heavy atom. The fraction of sp³-hybridized carbons (Fsp3) is 0.818. The topological polar surface area (TPSA) is 18.5 Å². The van der Waals surface area contributed by atoms with Gasteiger partial charge < -0.3 is 9.31 Å². The van der Waals surface area contributed by atoms with Crippen LogP contribution < -0.4 is 0 Å². The summed E-state index contributed by atoms with van der Waals surface area (Å²) in [7, 11) is 3.32. The highest BCUT2D eigenvalue weighted by molar-refractivity contribution is 6.48. The third-order valence-electron chi connectivity index (χ3n) is 4.16. The van der Waals surface area contributed by atoms with E-state index in [-0.39, 0.29) is 17.9 Å². The van der Waals surface area contributed by atoms with Crippen LogP contribution in [-0.2, 0) is 9.31 Å². The zero-order valence-corrected chi connectivity index (χ0v) is 9.96. The molecule has 0 amide bonds. The molecule has 0 saturated heterocycles. The standard InChI is InChI=1S/C11H21BO2/c1-7-8-11(4)9(10(11,2)3)12(13-5)14-6/h7,9H,1,8H2,2-6H3. The Bertz CT molecular complexity index is 223. The van der Waals surface area contributed by atoms with Crippen LogP contribution in [-0.4, -0.2) is 21.3 Å². The van der Waals surface area contributed by atoms with Crippen LogP contribution in [0, 0.1) is 10.8 Å². The van der Waals surface area contributed by atoms with Crippen molar-refractivity contribution in [2.45, 2.75) is 33.0 Å². The Morgan fingerprint density at radius 3 is 2.14 bits per heavy atom. The zero-order valence-electron chi connectivity index (χ0n) is 9.96. The highest BCUT2D eigenvalue weighted by atomic mass is 16.6. The Labute approximate surface area is 87.8 Å². The van der Waals surface area contributed by atoms with Gasteiger partial charge in [0.2, 0.25) is 0 Å². The van der Waals surface area contributed by atoms with Crippen LogP contribution in [0.3, 0.4) is 0 Å². The Morgan fingerprint density at radius 1 is 1.29 bits per heavy atom. The van der Waals surface area contributed by atoms with Gasteiger partial charge in [-0.2, -0.15) is 0 Å². The van der Waals surface area contributed by atoms with Gasteiger partial charge in [-0.05, 0) is 17.3 Å². The molecule has 14 heavy (non-hydrogen) atoms. The molecule has 0 aliphatic heterocycles. The minimum absolute atomic E-state index is 0.0880. The molecule has 1 fully saturated rings. The van der Waals surface area contributed by atoms with Crippen molar-refractivity contribution in [3.8, 4) is 0 Å². The fourth-order valence-electron chi connectivity index (χ4n) is 2.82. The number of allylic oxidation sites excluding steroid dienone is 1. The fourth-order valence-corrected chi connectivity index (χ4v) is 2.82. The van der Waals surface area contributed by atoms with Gasteiger partial charge in [-0.3, -0.25) is 0 Å². The van der Waals surface area contributed by atoms with E-state index in [4.69, 9.17) is 9.31 Å². The van der Waals surface area contributed by atoms with Crippen LogP contribution in [0.25, 0.3) is 0 Å². The maximum atomic E-state index is 5.34. The predicted molar refractivity (Wildman–Crippen MR) is 60.2 cm³/mol. The second-order valence-electron chi connectivity index (χ2n) is 4.95. The zero-order chi connectivity index (χ0) is 11.0. The monoisotopic (exact) mass is 196 g/mol. The maximum Gasteiger partial charge on any atom is 0.460 e. The van der Waals surface area contributed by atoms with Gasteiger partial charge in [0.1, 0.15) is 0 Å². The highest BCUT2D eigenvalue weighted by Gasteiger charge is 2.71. The van der Waals surface area contributed by atoms with Crippen molar-refractivity contribution in [3.05, 3.63) is 12.7 Å². The van der Waals surface area contributed by atoms with Gasteiger partial charge in [-0.1, -0.05) is 26.8 Å². The average molecular weight is 196 g/mol. The Balaban J connectivity index is 2.77. The number of rotatable bonds is 5. The van der Waals surface area contributed by atoms with Crippen LogP contribution in [0.15, 0.2) is 12.7 Å². The molecule has 2 unspecified atom stereocenters. The van der Waals surface area contributed by atoms with Crippen LogP contribution in [0.1, 0.15) is 27.2 Å². The molecule has 0 bridgehead atoms. The second kappa shape index (κ2) is 3.71. The molecule has 0 spiro atoms. The molecule has 0 heterocycles. The predicted octanol–water partition coefficient (Wildman–Crippen LogP) is 2.76. The summed E-state index contributed by atoms with van der Waals surface area (Å²) in [5.41, 5.74) is 0.545. The molecule has 1 aliphatic carbocycles. The molecule has 0 aromatic rings. The normalized spacial score (nSPS) is 33.9. The molecule has 3 heteroatoms. The van der Waals surface area contributed by atoms with Gasteiger partial charge in [-0.25, -0.2) is 0 Å². The molecule has 1 aliphatic rings. The maximum absolute atomic E-state index is 5.34. The first-order chi connectivity index (χ1) is 6.45. The van der Waals surface area contributed by atoms with Gasteiger partial charge in [0.05, 0.1) is 0 Å². The molecule has 80 valence electrons. The average Bonchev–Trinajstić information content (AvgIpc) is 2.53. The van der Waals surface area contributed by atoms with Crippen LogP contribution in [0.5, 0.6) is 0 Å². The second-order valence-corrected chi connectivity index (χ2v) is 4.95. The van der Waals surface area contributed by atoms with Crippen molar-refractivity contribution < 1.29 is 9.31 Å². The first-order valence-corrected chi connectivity index (χ1v) is 5.12. The lowest BCUT2D eigenvalue weighted by molar-refractivity contribution is 0.269. The Kier molecular flexibility index (Phi) is 3.12. The summed E-state index contributed by atoms with van der Waals surface area (Å²) in [5, 5.41) is 0. The van der Waals surface area contributed by atoms with Crippen LogP contribution in [0.4, 0.5) is 0 Å². The molecule has 0 radical (unpaired) electrons. The van der Waals surface area contributed by atoms with Gasteiger partial charge in [0.15, 0.2) is 0 Å². The smallest absolute Gasteiger partial charge is 0.414 e. The Hall–Kier alpha value is -0.275. The van der Waals surface area contributed by atoms with E-state index in [1.54, 1.807) is 14.2 Å². The van der Waals surface area contributed by atoms with E-state index in [9.17, 15) is 0 Å². The molecule has 0 N–H and O–H groups in total. The van der Waals surface area contributed by atoms with Crippen molar-refractivity contribution in [2.24, 2.45) is 10.8 Å². The molecule has 0 aromatic carbocycles. The summed E-state index contributed by atoms with van der Waals surface area (Å²) >= 11 is 0. The van der Waals surface area contributed by atoms with E-state index in [1.165, 1.54) is 0 Å². The summed E-state index contributed by atoms with van der Waals surface area (Å²) < 4.78 is 10.7. The van der Waals surface area contributed by atoms with E-state index in [2.05, 4.69) is 27.4 Å². The lowest BCUT2D eigenvalue weighted by Gasteiger charge is -2.12. The summed E-state index contributed by atoms with van der Waals surface area (Å²) in [6.07, 6.45) is 3.01. The van der Waals surface area contributed by atoms with Crippen LogP contribution >= 0.6 is 0 Å². The first-order valence-electron chi connectivity index (χ1n) is 5.12. The lowest BCUT2D eigenvalue weighted by atomic mass is 9.75. The molecule has 2 nitrogen and oxygen atoms in total. The number of hydrogen-bond acceptors (Lipinski definition) is 2. The van der Waals surface area contributed by atoms with E-state index in [1.807, 2.05) is 6.08 Å². The molecule has 2 atom stereocenters. The quantitative estimate of drug-likeness (QED) is 0.497. The molecule has 1 saturated carbocycles. The summed E-state index contributed by atoms with van der Waals surface area (Å²) in [6, 6.07) is 0. The summed E-state index contributed by atoms with van der Waals surface area (Å²) in [5.74, 6) is 0.461. The first kappa shape index (κ1) is 11.8. The van der Waals surface area contributed by atoms with Crippen molar-refractivity contribution >= 4 is 7.12 Å². The SMILES string of the molecule is C=CCC1(C)C(B(OC)OC)C1(C)C. The summed E-state index contributed by atoms with van der Waals surface area (Å²) in [4.78, 5) is 0. The minimum atomic E-state index is -0.0880. The molecular formula is C11H21BO2. The highest BCUT2D eigenvalue weighted by Crippen LogP contribution is 2.76. The molecule has 0 aromatic heterocycles. The van der Waals surface area contributed by atoms with Gasteiger partial charge >= 0.3 is 7.12 Å². The largest absolute Gasteiger partial charge is 0.460 e. The van der Waals surface area contributed by atoms with Gasteiger partial charge in [0, 0.05) is 20.0 Å². The lowest BCUT2D eigenvalue weighted by Crippen LogP contribution is -2.22. The van der Waals surface area contributed by atoms with E-state index < -0.39 is 0 Å². The third-order valence-corrected chi connectivity index (χ3v) is 4.16. The van der Waals surface area contributed by atoms with Crippen molar-refractivity contribution in [1.82, 2.24) is 0 Å². The van der Waals surface area contributed by atoms with Crippen molar-refractivity contribution in [2.75, 3.05) is 14.2 Å². The van der Waals surface area contributed by atoms with Gasteiger partial charge in [-0.15, -0.1) is 6.58 Å². The van der Waals surface area contributed by atoms with E-state index in [0.717, 1.165) is 6.42 Å². The van der Waals surface area contributed by atoms with E-state index >= 15 is 0 Å². The number of hydrogen-bond donors (Lipinski definition) is 0. The molecule has 1 rings (SSSR count). The minimum Gasteiger partial charge on any atom is -0.414 e.